The molecule has 1 aromatic carbocycles. The molecule has 7 nitrogen and oxygen atoms in total. The minimum absolute atomic E-state index is 0.00254. The van der Waals surface area contributed by atoms with Crippen molar-refractivity contribution in [1.82, 2.24) is 21.1 Å². The summed E-state index contributed by atoms with van der Waals surface area (Å²) in [5.74, 6) is -0.182. The van der Waals surface area contributed by atoms with Crippen LogP contribution in [0.1, 0.15) is 75.1 Å². The fourth-order valence-corrected chi connectivity index (χ4v) is 4.87. The van der Waals surface area contributed by atoms with E-state index in [1.807, 2.05) is 6.92 Å². The van der Waals surface area contributed by atoms with E-state index in [9.17, 15) is 14.4 Å². The van der Waals surface area contributed by atoms with Crippen molar-refractivity contribution < 1.29 is 14.4 Å². The molecular weight excluding hydrogens is 380 g/mol. The first kappa shape index (κ1) is 20.8. The van der Waals surface area contributed by atoms with Crippen LogP contribution in [0.4, 0.5) is 4.79 Å². The number of carbonyl (C=O) groups is 3. The summed E-state index contributed by atoms with van der Waals surface area (Å²) in [7, 11) is 0. The number of amides is 4. The summed E-state index contributed by atoms with van der Waals surface area (Å²) >= 11 is 0. The maximum atomic E-state index is 12.8. The van der Waals surface area contributed by atoms with Crippen LogP contribution in [0, 0.1) is 5.92 Å². The second-order valence-corrected chi connectivity index (χ2v) is 9.21. The van der Waals surface area contributed by atoms with E-state index in [1.54, 1.807) is 0 Å². The normalized spacial score (nSPS) is 27.0. The molecule has 1 unspecified atom stereocenters. The van der Waals surface area contributed by atoms with Gasteiger partial charge >= 0.3 is 6.03 Å². The molecule has 1 atom stereocenters. The van der Waals surface area contributed by atoms with Crippen molar-refractivity contribution in [1.29, 1.82) is 0 Å². The van der Waals surface area contributed by atoms with Gasteiger partial charge in [0.15, 0.2) is 0 Å². The molecule has 30 heavy (non-hydrogen) atoms. The standard InChI is InChI=1S/C23H32N4O3/c1-15-9-11-23(12-10-15)21(29)27(22(30)25-23)26-20(28)14-24-16(2)18-8-7-17-5-3-4-6-19(17)13-18/h7-8,13,15-16,24H,3-6,9-12,14H2,1-2H3,(H,25,30)(H,26,28). The Morgan fingerprint density at radius 3 is 2.63 bits per heavy atom. The fraction of sp³-hybridized carbons (Fsp3) is 0.609. The molecular formula is C23H32N4O3. The van der Waals surface area contributed by atoms with Gasteiger partial charge in [0.2, 0.25) is 0 Å². The van der Waals surface area contributed by atoms with E-state index in [2.05, 4.69) is 41.2 Å². The molecule has 7 heteroatoms. The molecule has 3 aliphatic rings. The van der Waals surface area contributed by atoms with Crippen molar-refractivity contribution in [3.8, 4) is 0 Å². The molecule has 1 aromatic rings. The minimum atomic E-state index is -0.847. The van der Waals surface area contributed by atoms with E-state index < -0.39 is 17.5 Å². The van der Waals surface area contributed by atoms with Crippen LogP contribution in [0.25, 0.3) is 0 Å². The van der Waals surface area contributed by atoms with Crippen LogP contribution in [0.5, 0.6) is 0 Å². The van der Waals surface area contributed by atoms with Crippen molar-refractivity contribution in [3.05, 3.63) is 34.9 Å². The van der Waals surface area contributed by atoms with Crippen molar-refractivity contribution >= 4 is 17.8 Å². The Bertz CT molecular complexity index is 845. The third-order valence-corrected chi connectivity index (χ3v) is 6.97. The summed E-state index contributed by atoms with van der Waals surface area (Å²) in [5, 5.41) is 6.89. The molecule has 4 rings (SSSR count). The number of carbonyl (C=O) groups excluding carboxylic acids is 3. The molecule has 1 aliphatic heterocycles. The number of aryl methyl sites for hydroxylation is 2. The van der Waals surface area contributed by atoms with Gasteiger partial charge in [-0.15, -0.1) is 0 Å². The van der Waals surface area contributed by atoms with Crippen LogP contribution < -0.4 is 16.1 Å². The van der Waals surface area contributed by atoms with Gasteiger partial charge < -0.3 is 10.6 Å². The first-order valence-electron chi connectivity index (χ1n) is 11.2. The predicted octanol–water partition coefficient (Wildman–Crippen LogP) is 2.75. The molecule has 0 aromatic heterocycles. The van der Waals surface area contributed by atoms with Crippen molar-refractivity contribution in [2.24, 2.45) is 5.92 Å². The van der Waals surface area contributed by atoms with E-state index in [4.69, 9.17) is 0 Å². The van der Waals surface area contributed by atoms with E-state index in [-0.39, 0.29) is 18.5 Å². The lowest BCUT2D eigenvalue weighted by molar-refractivity contribution is -0.139. The molecule has 1 heterocycles. The van der Waals surface area contributed by atoms with Crippen LogP contribution in [0.15, 0.2) is 18.2 Å². The van der Waals surface area contributed by atoms with Gasteiger partial charge in [0.05, 0.1) is 6.54 Å². The van der Waals surface area contributed by atoms with Gasteiger partial charge in [-0.05, 0) is 80.9 Å². The van der Waals surface area contributed by atoms with Gasteiger partial charge in [-0.25, -0.2) is 4.79 Å². The third kappa shape index (κ3) is 4.08. The Balaban J connectivity index is 1.31. The fourth-order valence-electron chi connectivity index (χ4n) is 4.87. The number of nitrogens with one attached hydrogen (secondary N) is 3. The Labute approximate surface area is 177 Å². The summed E-state index contributed by atoms with van der Waals surface area (Å²) in [6, 6.07) is 6.00. The molecule has 1 saturated heterocycles. The number of urea groups is 1. The minimum Gasteiger partial charge on any atom is -0.322 e. The zero-order valence-corrected chi connectivity index (χ0v) is 17.9. The van der Waals surface area contributed by atoms with Gasteiger partial charge in [0.1, 0.15) is 5.54 Å². The first-order chi connectivity index (χ1) is 14.4. The number of hydrogen-bond acceptors (Lipinski definition) is 4. The van der Waals surface area contributed by atoms with Crippen molar-refractivity contribution in [2.45, 2.75) is 76.8 Å². The predicted molar refractivity (Wildman–Crippen MR) is 113 cm³/mol. The molecule has 1 saturated carbocycles. The molecule has 0 bridgehead atoms. The lowest BCUT2D eigenvalue weighted by Crippen LogP contribution is -2.52. The van der Waals surface area contributed by atoms with E-state index in [0.717, 1.165) is 36.3 Å². The number of nitrogens with zero attached hydrogens (tertiary/aromatic N) is 1. The second kappa shape index (κ2) is 8.38. The number of benzene rings is 1. The topological polar surface area (TPSA) is 90.5 Å². The average molecular weight is 413 g/mol. The Hall–Kier alpha value is -2.41. The monoisotopic (exact) mass is 412 g/mol. The molecule has 1 spiro atoms. The number of hydrazine groups is 1. The zero-order chi connectivity index (χ0) is 21.3. The summed E-state index contributed by atoms with van der Waals surface area (Å²) < 4.78 is 0. The molecule has 4 amide bonds. The van der Waals surface area contributed by atoms with Crippen LogP contribution in [0.2, 0.25) is 0 Å². The van der Waals surface area contributed by atoms with Crippen LogP contribution in [0.3, 0.4) is 0 Å². The van der Waals surface area contributed by atoms with Crippen LogP contribution >= 0.6 is 0 Å². The number of fused-ring (bicyclic) bond motifs is 1. The molecule has 0 radical (unpaired) electrons. The second-order valence-electron chi connectivity index (χ2n) is 9.21. The van der Waals surface area contributed by atoms with Crippen molar-refractivity contribution in [2.75, 3.05) is 6.54 Å². The molecule has 2 fully saturated rings. The maximum absolute atomic E-state index is 12.8. The number of rotatable bonds is 5. The van der Waals surface area contributed by atoms with Gasteiger partial charge in [-0.1, -0.05) is 25.1 Å². The first-order valence-corrected chi connectivity index (χ1v) is 11.2. The lowest BCUT2D eigenvalue weighted by atomic mass is 9.77. The Morgan fingerprint density at radius 2 is 1.90 bits per heavy atom. The highest BCUT2D eigenvalue weighted by Crippen LogP contribution is 2.35. The van der Waals surface area contributed by atoms with Gasteiger partial charge in [-0.3, -0.25) is 15.0 Å². The molecule has 162 valence electrons. The highest BCUT2D eigenvalue weighted by atomic mass is 16.2. The lowest BCUT2D eigenvalue weighted by Gasteiger charge is -2.33. The summed E-state index contributed by atoms with van der Waals surface area (Å²) in [4.78, 5) is 37.6. The Morgan fingerprint density at radius 1 is 1.20 bits per heavy atom. The molecule has 2 aliphatic carbocycles. The van der Waals surface area contributed by atoms with Gasteiger partial charge in [0.25, 0.3) is 11.8 Å². The summed E-state index contributed by atoms with van der Waals surface area (Å²) in [6.07, 6.45) is 7.78. The van der Waals surface area contributed by atoms with Gasteiger partial charge in [0, 0.05) is 6.04 Å². The number of imide groups is 1. The van der Waals surface area contributed by atoms with Crippen LogP contribution in [-0.4, -0.2) is 34.9 Å². The highest BCUT2D eigenvalue weighted by molar-refractivity contribution is 6.08. The van der Waals surface area contributed by atoms with E-state index in [0.29, 0.717) is 18.8 Å². The maximum Gasteiger partial charge on any atom is 0.344 e. The zero-order valence-electron chi connectivity index (χ0n) is 17.9. The summed E-state index contributed by atoms with van der Waals surface area (Å²) in [5.41, 5.74) is 5.62. The van der Waals surface area contributed by atoms with Crippen LogP contribution in [-0.2, 0) is 22.4 Å². The van der Waals surface area contributed by atoms with E-state index in [1.165, 1.54) is 24.0 Å². The third-order valence-electron chi connectivity index (χ3n) is 6.97. The smallest absolute Gasteiger partial charge is 0.322 e. The highest BCUT2D eigenvalue weighted by Gasteiger charge is 2.52. The van der Waals surface area contributed by atoms with Crippen molar-refractivity contribution in [3.63, 3.8) is 0 Å². The number of hydrogen-bond donors (Lipinski definition) is 3. The Kier molecular flexibility index (Phi) is 5.82. The quantitative estimate of drug-likeness (QED) is 0.649. The largest absolute Gasteiger partial charge is 0.344 e. The summed E-state index contributed by atoms with van der Waals surface area (Å²) in [6.45, 7) is 4.20. The van der Waals surface area contributed by atoms with Gasteiger partial charge in [-0.2, -0.15) is 5.01 Å². The average Bonchev–Trinajstić information content (AvgIpc) is 2.98. The SMILES string of the molecule is CC1CCC2(CC1)NC(=O)N(NC(=O)CNC(C)c1ccc3c(c1)CCCC3)C2=O. The molecule has 3 N–H and O–H groups in total. The van der Waals surface area contributed by atoms with E-state index >= 15 is 0 Å².